The van der Waals surface area contributed by atoms with E-state index < -0.39 is 0 Å². The summed E-state index contributed by atoms with van der Waals surface area (Å²) in [7, 11) is 1.83. The van der Waals surface area contributed by atoms with Crippen molar-refractivity contribution >= 4 is 35.8 Å². The van der Waals surface area contributed by atoms with E-state index in [1.807, 2.05) is 7.05 Å². The summed E-state index contributed by atoms with van der Waals surface area (Å²) < 4.78 is 0. The van der Waals surface area contributed by atoms with Gasteiger partial charge in [-0.1, -0.05) is 37.3 Å². The minimum absolute atomic E-state index is 0. The molecule has 1 amide bonds. The molecule has 1 aliphatic carbocycles. The second kappa shape index (κ2) is 10.1. The highest BCUT2D eigenvalue weighted by atomic mass is 127. The number of nitrogens with zero attached hydrogens (tertiary/aromatic N) is 2. The van der Waals surface area contributed by atoms with E-state index in [0.29, 0.717) is 18.4 Å². The predicted molar refractivity (Wildman–Crippen MR) is 117 cm³/mol. The van der Waals surface area contributed by atoms with Gasteiger partial charge in [0.1, 0.15) is 0 Å². The number of piperidine rings is 1. The molecule has 6 heteroatoms. The Labute approximate surface area is 174 Å². The van der Waals surface area contributed by atoms with Crippen molar-refractivity contribution < 1.29 is 4.79 Å². The number of nitrogens with one attached hydrogen (secondary N) is 2. The van der Waals surface area contributed by atoms with E-state index in [2.05, 4.69) is 57.8 Å². The molecule has 2 aliphatic rings. The number of amides is 1. The van der Waals surface area contributed by atoms with Crippen molar-refractivity contribution in [1.29, 1.82) is 0 Å². The number of hydrogen-bond acceptors (Lipinski definition) is 2. The zero-order valence-corrected chi connectivity index (χ0v) is 18.1. The van der Waals surface area contributed by atoms with Gasteiger partial charge in [-0.3, -0.25) is 9.79 Å². The minimum atomic E-state index is 0. The van der Waals surface area contributed by atoms with Crippen LogP contribution in [0.2, 0.25) is 0 Å². The normalized spacial score (nSPS) is 23.2. The Morgan fingerprint density at radius 3 is 2.46 bits per heavy atom. The first-order valence-electron chi connectivity index (χ1n) is 9.47. The predicted octanol–water partition coefficient (Wildman–Crippen LogP) is 2.83. The number of guanidine groups is 1. The Bertz CT molecular complexity index is 603. The lowest BCUT2D eigenvalue weighted by atomic mass is 9.82. The third-order valence-electron chi connectivity index (χ3n) is 5.30. The Kier molecular flexibility index (Phi) is 8.18. The van der Waals surface area contributed by atoms with Crippen LogP contribution >= 0.6 is 24.0 Å². The quantitative estimate of drug-likeness (QED) is 0.301. The molecule has 1 aromatic carbocycles. The molecule has 0 radical (unpaired) electrons. The molecule has 0 bridgehead atoms. The Hall–Kier alpha value is -1.31. The zero-order chi connectivity index (χ0) is 17.6. The van der Waals surface area contributed by atoms with Crippen LogP contribution < -0.4 is 10.6 Å². The lowest BCUT2D eigenvalue weighted by molar-refractivity contribution is -0.122. The topological polar surface area (TPSA) is 56.7 Å². The van der Waals surface area contributed by atoms with Crippen LogP contribution in [-0.4, -0.2) is 50.0 Å². The maximum absolute atomic E-state index is 11.7. The molecule has 26 heavy (non-hydrogen) atoms. The fourth-order valence-electron chi connectivity index (χ4n) is 3.72. The maximum atomic E-state index is 11.7. The molecule has 1 aliphatic heterocycles. The summed E-state index contributed by atoms with van der Waals surface area (Å²) in [4.78, 5) is 18.4. The highest BCUT2D eigenvalue weighted by Crippen LogP contribution is 2.32. The highest BCUT2D eigenvalue weighted by molar-refractivity contribution is 14.0. The third-order valence-corrected chi connectivity index (χ3v) is 5.30. The van der Waals surface area contributed by atoms with E-state index >= 15 is 0 Å². The van der Waals surface area contributed by atoms with Gasteiger partial charge < -0.3 is 15.5 Å². The van der Waals surface area contributed by atoms with Gasteiger partial charge in [0, 0.05) is 39.1 Å². The molecule has 0 spiro atoms. The van der Waals surface area contributed by atoms with Crippen LogP contribution in [0.25, 0.3) is 0 Å². The lowest BCUT2D eigenvalue weighted by Crippen LogP contribution is -2.49. The van der Waals surface area contributed by atoms with Crippen LogP contribution in [0.5, 0.6) is 0 Å². The summed E-state index contributed by atoms with van der Waals surface area (Å²) in [6.45, 7) is 5.72. The second-order valence-corrected chi connectivity index (χ2v) is 7.27. The maximum Gasteiger partial charge on any atom is 0.223 e. The summed E-state index contributed by atoms with van der Waals surface area (Å²) in [5, 5.41) is 6.38. The molecule has 2 N–H and O–H groups in total. The van der Waals surface area contributed by atoms with Gasteiger partial charge >= 0.3 is 0 Å². The third kappa shape index (κ3) is 5.59. The average molecular weight is 470 g/mol. The van der Waals surface area contributed by atoms with Gasteiger partial charge in [-0.15, -0.1) is 24.0 Å². The molecular formula is C20H31IN4O. The summed E-state index contributed by atoms with van der Waals surface area (Å²) in [6, 6.07) is 10.8. The fourth-order valence-corrected chi connectivity index (χ4v) is 3.72. The van der Waals surface area contributed by atoms with Crippen molar-refractivity contribution in [2.75, 3.05) is 33.2 Å². The second-order valence-electron chi connectivity index (χ2n) is 7.27. The molecular weight excluding hydrogens is 439 g/mol. The van der Waals surface area contributed by atoms with E-state index in [4.69, 9.17) is 0 Å². The number of rotatable bonds is 5. The number of carbonyl (C=O) groups is 1. The molecule has 2 atom stereocenters. The van der Waals surface area contributed by atoms with Crippen LogP contribution in [0.15, 0.2) is 35.3 Å². The van der Waals surface area contributed by atoms with E-state index in [1.165, 1.54) is 5.56 Å². The number of aliphatic imine (C=N–C) groups is 1. The number of halogens is 1. The van der Waals surface area contributed by atoms with Gasteiger partial charge in [-0.05, 0) is 36.7 Å². The first kappa shape index (κ1) is 21.0. The van der Waals surface area contributed by atoms with Crippen molar-refractivity contribution in [3.8, 4) is 0 Å². The van der Waals surface area contributed by atoms with Crippen molar-refractivity contribution in [2.45, 2.75) is 32.1 Å². The van der Waals surface area contributed by atoms with Gasteiger partial charge in [0.25, 0.3) is 0 Å². The largest absolute Gasteiger partial charge is 0.354 e. The zero-order valence-electron chi connectivity index (χ0n) is 15.8. The van der Waals surface area contributed by atoms with E-state index in [-0.39, 0.29) is 35.8 Å². The highest BCUT2D eigenvalue weighted by Gasteiger charge is 2.30. The monoisotopic (exact) mass is 470 g/mol. The summed E-state index contributed by atoms with van der Waals surface area (Å²) in [5.74, 6) is 2.63. The first-order valence-corrected chi connectivity index (χ1v) is 9.47. The molecule has 1 heterocycles. The molecule has 1 saturated heterocycles. The SMILES string of the molecule is CN=C(NCCNC(=O)C1CC1)N1CCC(c2ccccc2)C(C)C1.I. The molecule has 1 aromatic rings. The molecule has 3 rings (SSSR count). The average Bonchev–Trinajstić information content (AvgIpc) is 3.47. The molecule has 2 fully saturated rings. The van der Waals surface area contributed by atoms with Gasteiger partial charge in [0.05, 0.1) is 0 Å². The van der Waals surface area contributed by atoms with Crippen molar-refractivity contribution in [2.24, 2.45) is 16.8 Å². The molecule has 1 saturated carbocycles. The smallest absolute Gasteiger partial charge is 0.223 e. The number of likely N-dealkylation sites (tertiary alicyclic amines) is 1. The number of carbonyl (C=O) groups excluding carboxylic acids is 1. The lowest BCUT2D eigenvalue weighted by Gasteiger charge is -2.39. The number of hydrogen-bond donors (Lipinski definition) is 2. The number of benzene rings is 1. The van der Waals surface area contributed by atoms with Crippen molar-refractivity contribution in [3.05, 3.63) is 35.9 Å². The van der Waals surface area contributed by atoms with Crippen molar-refractivity contribution in [1.82, 2.24) is 15.5 Å². The van der Waals surface area contributed by atoms with Crippen molar-refractivity contribution in [3.63, 3.8) is 0 Å². The van der Waals surface area contributed by atoms with Gasteiger partial charge in [0.15, 0.2) is 5.96 Å². The van der Waals surface area contributed by atoms with Crippen LogP contribution in [0, 0.1) is 11.8 Å². The van der Waals surface area contributed by atoms with E-state index in [1.54, 1.807) is 0 Å². The van der Waals surface area contributed by atoms with E-state index in [9.17, 15) is 4.79 Å². The molecule has 2 unspecified atom stereocenters. The summed E-state index contributed by atoms with van der Waals surface area (Å²) >= 11 is 0. The Balaban J connectivity index is 0.00000243. The van der Waals surface area contributed by atoms with Crippen LogP contribution in [0.4, 0.5) is 0 Å². The van der Waals surface area contributed by atoms with Gasteiger partial charge in [-0.2, -0.15) is 0 Å². The van der Waals surface area contributed by atoms with E-state index in [0.717, 1.165) is 44.9 Å². The minimum Gasteiger partial charge on any atom is -0.354 e. The molecule has 144 valence electrons. The standard InChI is InChI=1S/C20H30N4O.HI/c1-15-14-24(13-10-18(15)16-6-4-3-5-7-16)20(21-2)23-12-11-22-19(25)17-8-9-17;/h3-7,15,17-18H,8-14H2,1-2H3,(H,21,23)(H,22,25);1H. The molecule has 0 aromatic heterocycles. The van der Waals surface area contributed by atoms with Crippen LogP contribution in [0.3, 0.4) is 0 Å². The van der Waals surface area contributed by atoms with Crippen LogP contribution in [0.1, 0.15) is 37.7 Å². The van der Waals surface area contributed by atoms with Gasteiger partial charge in [0.2, 0.25) is 5.91 Å². The summed E-state index contributed by atoms with van der Waals surface area (Å²) in [6.07, 6.45) is 3.24. The summed E-state index contributed by atoms with van der Waals surface area (Å²) in [5.41, 5.74) is 1.44. The molecule has 5 nitrogen and oxygen atoms in total. The Morgan fingerprint density at radius 2 is 1.85 bits per heavy atom. The first-order chi connectivity index (χ1) is 12.2. The van der Waals surface area contributed by atoms with Gasteiger partial charge in [-0.25, -0.2) is 0 Å². The fraction of sp³-hybridized carbons (Fsp3) is 0.600. The van der Waals surface area contributed by atoms with Crippen LogP contribution in [-0.2, 0) is 4.79 Å². The Morgan fingerprint density at radius 1 is 1.15 bits per heavy atom.